The molecule has 0 fully saturated rings. The minimum absolute atomic E-state index is 0.102. The molecule has 0 bridgehead atoms. The van der Waals surface area contributed by atoms with Gasteiger partial charge in [-0.25, -0.2) is 0 Å². The van der Waals surface area contributed by atoms with Gasteiger partial charge in [-0.15, -0.1) is 0 Å². The van der Waals surface area contributed by atoms with Crippen LogP contribution in [0.5, 0.6) is 0 Å². The summed E-state index contributed by atoms with van der Waals surface area (Å²) in [6.45, 7) is 2.44. The van der Waals surface area contributed by atoms with Gasteiger partial charge in [0.1, 0.15) is 0 Å². The predicted octanol–water partition coefficient (Wildman–Crippen LogP) is 3.03. The van der Waals surface area contributed by atoms with E-state index in [9.17, 15) is 10.1 Å². The maximum absolute atomic E-state index is 10.8. The van der Waals surface area contributed by atoms with Crippen LogP contribution in [0, 0.1) is 17.0 Å². The first kappa shape index (κ1) is 12.3. The second-order valence-corrected chi connectivity index (χ2v) is 4.16. The van der Waals surface area contributed by atoms with Crippen molar-refractivity contribution in [2.45, 2.75) is 13.5 Å². The quantitative estimate of drug-likeness (QED) is 0.664. The van der Waals surface area contributed by atoms with Crippen LogP contribution in [0.1, 0.15) is 11.1 Å². The normalized spacial score (nSPS) is 10.3. The SMILES string of the molecule is Cc1ccc(CN)cc1-c1cccc([N+](=O)[O-])c1. The first-order valence-electron chi connectivity index (χ1n) is 5.66. The molecule has 0 saturated heterocycles. The average molecular weight is 242 g/mol. The van der Waals surface area contributed by atoms with Crippen LogP contribution in [0.2, 0.25) is 0 Å². The number of benzene rings is 2. The minimum Gasteiger partial charge on any atom is -0.326 e. The highest BCUT2D eigenvalue weighted by Gasteiger charge is 2.09. The standard InChI is InChI=1S/C14H14N2O2/c1-10-5-6-11(9-15)7-14(10)12-3-2-4-13(8-12)16(17)18/h2-8H,9,15H2,1H3. The van der Waals surface area contributed by atoms with Crippen molar-refractivity contribution < 1.29 is 4.92 Å². The molecule has 0 saturated carbocycles. The lowest BCUT2D eigenvalue weighted by atomic mass is 9.98. The molecule has 0 aliphatic carbocycles. The summed E-state index contributed by atoms with van der Waals surface area (Å²) in [6, 6.07) is 12.6. The molecule has 2 rings (SSSR count). The molecule has 2 aromatic carbocycles. The summed E-state index contributed by atoms with van der Waals surface area (Å²) in [7, 11) is 0. The second-order valence-electron chi connectivity index (χ2n) is 4.16. The largest absolute Gasteiger partial charge is 0.326 e. The van der Waals surface area contributed by atoms with E-state index < -0.39 is 0 Å². The molecule has 0 amide bonds. The van der Waals surface area contributed by atoms with Crippen molar-refractivity contribution in [2.24, 2.45) is 5.73 Å². The van der Waals surface area contributed by atoms with E-state index in [1.54, 1.807) is 12.1 Å². The van der Waals surface area contributed by atoms with E-state index in [1.165, 1.54) is 6.07 Å². The van der Waals surface area contributed by atoms with Gasteiger partial charge in [-0.05, 0) is 35.2 Å². The number of aryl methyl sites for hydroxylation is 1. The summed E-state index contributed by atoms with van der Waals surface area (Å²) in [5, 5.41) is 10.8. The van der Waals surface area contributed by atoms with E-state index >= 15 is 0 Å². The molecule has 4 heteroatoms. The first-order valence-corrected chi connectivity index (χ1v) is 5.66. The molecule has 0 atom stereocenters. The van der Waals surface area contributed by atoms with E-state index in [0.29, 0.717) is 6.54 Å². The highest BCUT2D eigenvalue weighted by molar-refractivity contribution is 5.70. The number of nitrogens with zero attached hydrogens (tertiary/aromatic N) is 1. The Morgan fingerprint density at radius 1 is 1.22 bits per heavy atom. The van der Waals surface area contributed by atoms with E-state index in [-0.39, 0.29) is 10.6 Å². The topological polar surface area (TPSA) is 69.2 Å². The molecule has 0 radical (unpaired) electrons. The van der Waals surface area contributed by atoms with Crippen molar-refractivity contribution in [2.75, 3.05) is 0 Å². The fourth-order valence-corrected chi connectivity index (χ4v) is 1.89. The third-order valence-corrected chi connectivity index (χ3v) is 2.91. The number of non-ortho nitro benzene ring substituents is 1. The van der Waals surface area contributed by atoms with Crippen LogP contribution in [0.4, 0.5) is 5.69 Å². The van der Waals surface area contributed by atoms with Crippen LogP contribution in [-0.2, 0) is 6.54 Å². The fraction of sp³-hybridized carbons (Fsp3) is 0.143. The van der Waals surface area contributed by atoms with Gasteiger partial charge in [0, 0.05) is 18.7 Å². The molecule has 0 aliphatic heterocycles. The molecule has 0 heterocycles. The number of rotatable bonds is 3. The van der Waals surface area contributed by atoms with Crippen LogP contribution in [-0.4, -0.2) is 4.92 Å². The minimum atomic E-state index is -0.383. The lowest BCUT2D eigenvalue weighted by Crippen LogP contribution is -1.97. The summed E-state index contributed by atoms with van der Waals surface area (Å²) in [4.78, 5) is 10.4. The van der Waals surface area contributed by atoms with Gasteiger partial charge in [0.05, 0.1) is 4.92 Å². The number of hydrogen-bond acceptors (Lipinski definition) is 3. The van der Waals surface area contributed by atoms with Crippen LogP contribution in [0.25, 0.3) is 11.1 Å². The lowest BCUT2D eigenvalue weighted by Gasteiger charge is -2.08. The second kappa shape index (κ2) is 4.98. The van der Waals surface area contributed by atoms with Gasteiger partial charge in [-0.3, -0.25) is 10.1 Å². The monoisotopic (exact) mass is 242 g/mol. The van der Waals surface area contributed by atoms with Gasteiger partial charge in [-0.1, -0.05) is 24.3 Å². The van der Waals surface area contributed by atoms with Crippen molar-refractivity contribution in [1.29, 1.82) is 0 Å². The fourth-order valence-electron chi connectivity index (χ4n) is 1.89. The van der Waals surface area contributed by atoms with Crippen LogP contribution in [0.3, 0.4) is 0 Å². The van der Waals surface area contributed by atoms with Crippen molar-refractivity contribution in [3.8, 4) is 11.1 Å². The van der Waals surface area contributed by atoms with Crippen LogP contribution >= 0.6 is 0 Å². The third kappa shape index (κ3) is 2.38. The smallest absolute Gasteiger partial charge is 0.270 e. The Labute approximate surface area is 105 Å². The molecule has 2 N–H and O–H groups in total. The highest BCUT2D eigenvalue weighted by atomic mass is 16.6. The molecule has 18 heavy (non-hydrogen) atoms. The van der Waals surface area contributed by atoms with Crippen molar-refractivity contribution >= 4 is 5.69 Å². The van der Waals surface area contributed by atoms with Crippen LogP contribution < -0.4 is 5.73 Å². The van der Waals surface area contributed by atoms with Gasteiger partial charge in [-0.2, -0.15) is 0 Å². The van der Waals surface area contributed by atoms with Gasteiger partial charge in [0.25, 0.3) is 5.69 Å². The van der Waals surface area contributed by atoms with Gasteiger partial charge in [0.15, 0.2) is 0 Å². The van der Waals surface area contributed by atoms with Gasteiger partial charge >= 0.3 is 0 Å². The number of nitro groups is 1. The van der Waals surface area contributed by atoms with Gasteiger partial charge in [0.2, 0.25) is 0 Å². The van der Waals surface area contributed by atoms with Gasteiger partial charge < -0.3 is 5.73 Å². The molecule has 92 valence electrons. The molecule has 0 spiro atoms. The molecule has 2 aromatic rings. The Morgan fingerprint density at radius 3 is 2.67 bits per heavy atom. The molecule has 0 aliphatic rings. The van der Waals surface area contributed by atoms with E-state index in [0.717, 1.165) is 22.3 Å². The van der Waals surface area contributed by atoms with E-state index in [1.807, 2.05) is 31.2 Å². The van der Waals surface area contributed by atoms with E-state index in [4.69, 9.17) is 5.73 Å². The summed E-state index contributed by atoms with van der Waals surface area (Å²) in [5.74, 6) is 0. The maximum Gasteiger partial charge on any atom is 0.270 e. The predicted molar refractivity (Wildman–Crippen MR) is 71.2 cm³/mol. The highest BCUT2D eigenvalue weighted by Crippen LogP contribution is 2.27. The summed E-state index contributed by atoms with van der Waals surface area (Å²) >= 11 is 0. The Hall–Kier alpha value is -2.20. The molecular formula is C14H14N2O2. The summed E-state index contributed by atoms with van der Waals surface area (Å²) < 4.78 is 0. The molecular weight excluding hydrogens is 228 g/mol. The lowest BCUT2D eigenvalue weighted by molar-refractivity contribution is -0.384. The summed E-state index contributed by atoms with van der Waals surface area (Å²) in [6.07, 6.45) is 0. The molecule has 0 aromatic heterocycles. The molecule has 0 unspecified atom stereocenters. The number of hydrogen-bond donors (Lipinski definition) is 1. The van der Waals surface area contributed by atoms with Crippen LogP contribution in [0.15, 0.2) is 42.5 Å². The van der Waals surface area contributed by atoms with Crippen molar-refractivity contribution in [1.82, 2.24) is 0 Å². The first-order chi connectivity index (χ1) is 8.61. The average Bonchev–Trinajstić information content (AvgIpc) is 2.39. The Morgan fingerprint density at radius 2 is 2.00 bits per heavy atom. The maximum atomic E-state index is 10.8. The zero-order chi connectivity index (χ0) is 13.1. The third-order valence-electron chi connectivity index (χ3n) is 2.91. The van der Waals surface area contributed by atoms with E-state index in [2.05, 4.69) is 0 Å². The molecule has 4 nitrogen and oxygen atoms in total. The van der Waals surface area contributed by atoms with Crippen molar-refractivity contribution in [3.05, 3.63) is 63.7 Å². The number of nitrogens with two attached hydrogens (primary N) is 1. The Kier molecular flexibility index (Phi) is 3.39. The number of nitro benzene ring substituents is 1. The Bertz CT molecular complexity index is 594. The zero-order valence-electron chi connectivity index (χ0n) is 10.1. The van der Waals surface area contributed by atoms with Crippen molar-refractivity contribution in [3.63, 3.8) is 0 Å². The zero-order valence-corrected chi connectivity index (χ0v) is 10.1. The Balaban J connectivity index is 2.54. The summed E-state index contributed by atoms with van der Waals surface area (Å²) in [5.41, 5.74) is 9.64.